The molecule has 0 radical (unpaired) electrons. The van der Waals surface area contributed by atoms with Gasteiger partial charge in [0.15, 0.2) is 5.78 Å². The normalized spacial score (nSPS) is 10.2. The molecule has 98 valence electrons. The number of Topliss-reactive ketones (excluding diaryl/α,β-unsaturated/α-hetero) is 1. The molecule has 0 bridgehead atoms. The molecule has 5 nitrogen and oxygen atoms in total. The van der Waals surface area contributed by atoms with E-state index in [1.54, 1.807) is 25.1 Å². The number of amides is 1. The highest BCUT2D eigenvalue weighted by molar-refractivity contribution is 5.98. The molecule has 18 heavy (non-hydrogen) atoms. The smallest absolute Gasteiger partial charge is 0.224 e. The molecule has 0 aliphatic heterocycles. The minimum Gasteiger partial charge on any atom is -0.399 e. The summed E-state index contributed by atoms with van der Waals surface area (Å²) >= 11 is 0. The van der Waals surface area contributed by atoms with Crippen LogP contribution >= 0.6 is 0 Å². The summed E-state index contributed by atoms with van der Waals surface area (Å²) in [6.45, 7) is 2.92. The van der Waals surface area contributed by atoms with E-state index in [-0.39, 0.29) is 24.8 Å². The Labute approximate surface area is 106 Å². The van der Waals surface area contributed by atoms with E-state index < -0.39 is 0 Å². The summed E-state index contributed by atoms with van der Waals surface area (Å²) in [5, 5.41) is 9.29. The highest BCUT2D eigenvalue weighted by Crippen LogP contribution is 2.23. The van der Waals surface area contributed by atoms with Crippen molar-refractivity contribution in [2.75, 3.05) is 17.2 Å². The largest absolute Gasteiger partial charge is 0.399 e. The summed E-state index contributed by atoms with van der Waals surface area (Å²) in [6, 6.07) is 4.88. The molecule has 0 heterocycles. The van der Waals surface area contributed by atoms with Gasteiger partial charge in [-0.15, -0.1) is 0 Å². The second-order valence-corrected chi connectivity index (χ2v) is 4.04. The van der Waals surface area contributed by atoms with Gasteiger partial charge in [0.25, 0.3) is 0 Å². The molecule has 3 N–H and O–H groups in total. The van der Waals surface area contributed by atoms with Gasteiger partial charge in [-0.1, -0.05) is 6.92 Å². The molecule has 0 atom stereocenters. The molecule has 1 rings (SSSR count). The number of aliphatic hydroxyl groups is 1. The Bertz CT molecular complexity index is 458. The van der Waals surface area contributed by atoms with Crippen molar-refractivity contribution in [1.82, 2.24) is 0 Å². The lowest BCUT2D eigenvalue weighted by Gasteiger charge is -2.23. The number of hydrogen-bond donors (Lipinski definition) is 2. The third kappa shape index (κ3) is 3.30. The van der Waals surface area contributed by atoms with Gasteiger partial charge in [-0.3, -0.25) is 9.59 Å². The highest BCUT2D eigenvalue weighted by atomic mass is 16.3. The van der Waals surface area contributed by atoms with E-state index in [0.29, 0.717) is 23.4 Å². The molecule has 0 fully saturated rings. The molecular weight excluding hydrogens is 232 g/mol. The maximum absolute atomic E-state index is 11.6. The van der Waals surface area contributed by atoms with Gasteiger partial charge in [-0.25, -0.2) is 0 Å². The predicted octanol–water partition coefficient (Wildman–Crippen LogP) is 1.09. The number of nitrogen functional groups attached to an aromatic ring is 1. The van der Waals surface area contributed by atoms with Crippen molar-refractivity contribution in [1.29, 1.82) is 0 Å². The first-order valence-electron chi connectivity index (χ1n) is 5.78. The van der Waals surface area contributed by atoms with Crippen LogP contribution in [-0.4, -0.2) is 23.3 Å². The van der Waals surface area contributed by atoms with Crippen LogP contribution in [0.15, 0.2) is 18.2 Å². The number of anilines is 2. The van der Waals surface area contributed by atoms with Crippen LogP contribution in [-0.2, 0) is 16.2 Å². The van der Waals surface area contributed by atoms with Gasteiger partial charge in [0.2, 0.25) is 5.91 Å². The summed E-state index contributed by atoms with van der Waals surface area (Å²) in [5.74, 6) is -0.276. The SMILES string of the molecule is CCC(=O)CN(C(C)=O)c1ccc(N)cc1CO. The molecular formula is C13H18N2O3. The number of hydrogen-bond acceptors (Lipinski definition) is 4. The predicted molar refractivity (Wildman–Crippen MR) is 70.1 cm³/mol. The number of rotatable bonds is 5. The zero-order valence-electron chi connectivity index (χ0n) is 10.6. The van der Waals surface area contributed by atoms with Crippen LogP contribution in [0.5, 0.6) is 0 Å². The minimum absolute atomic E-state index is 0.0166. The lowest BCUT2D eigenvalue weighted by atomic mass is 10.1. The number of carbonyl (C=O) groups is 2. The fraction of sp³-hybridized carbons (Fsp3) is 0.385. The van der Waals surface area contributed by atoms with Crippen molar-refractivity contribution in [3.05, 3.63) is 23.8 Å². The van der Waals surface area contributed by atoms with Gasteiger partial charge in [0, 0.05) is 30.3 Å². The van der Waals surface area contributed by atoms with Crippen molar-refractivity contribution < 1.29 is 14.7 Å². The van der Waals surface area contributed by atoms with E-state index in [1.807, 2.05) is 0 Å². The summed E-state index contributed by atoms with van der Waals surface area (Å²) < 4.78 is 0. The molecule has 0 saturated carbocycles. The first kappa shape index (κ1) is 14.2. The van der Waals surface area contributed by atoms with Crippen LogP contribution in [0.3, 0.4) is 0 Å². The Morgan fingerprint density at radius 3 is 2.56 bits per heavy atom. The minimum atomic E-state index is -0.240. The summed E-state index contributed by atoms with van der Waals surface area (Å²) in [6.07, 6.45) is 0.368. The Morgan fingerprint density at radius 1 is 1.39 bits per heavy atom. The van der Waals surface area contributed by atoms with Gasteiger partial charge < -0.3 is 15.7 Å². The second kappa shape index (κ2) is 6.16. The molecule has 5 heteroatoms. The van der Waals surface area contributed by atoms with Crippen molar-refractivity contribution in [3.8, 4) is 0 Å². The lowest BCUT2D eigenvalue weighted by molar-refractivity contribution is -0.121. The van der Waals surface area contributed by atoms with Crippen LogP contribution in [0.1, 0.15) is 25.8 Å². The summed E-state index contributed by atoms with van der Waals surface area (Å²) in [7, 11) is 0. The van der Waals surface area contributed by atoms with Crippen LogP contribution in [0.25, 0.3) is 0 Å². The van der Waals surface area contributed by atoms with Crippen molar-refractivity contribution in [3.63, 3.8) is 0 Å². The molecule has 0 aromatic heterocycles. The quantitative estimate of drug-likeness (QED) is 0.766. The third-order valence-corrected chi connectivity index (χ3v) is 2.67. The van der Waals surface area contributed by atoms with E-state index in [9.17, 15) is 14.7 Å². The molecule has 1 aromatic carbocycles. The van der Waals surface area contributed by atoms with Gasteiger partial charge >= 0.3 is 0 Å². The Balaban J connectivity index is 3.13. The average molecular weight is 250 g/mol. The Hall–Kier alpha value is -1.88. The van der Waals surface area contributed by atoms with Crippen molar-refractivity contribution in [2.45, 2.75) is 26.9 Å². The number of nitrogens with two attached hydrogens (primary N) is 1. The first-order chi connectivity index (χ1) is 8.49. The van der Waals surface area contributed by atoms with Crippen molar-refractivity contribution >= 4 is 23.1 Å². The molecule has 0 aliphatic rings. The standard InChI is InChI=1S/C13H18N2O3/c1-3-12(18)7-15(9(2)17)13-5-4-11(14)6-10(13)8-16/h4-6,16H,3,7-8,14H2,1-2H3. The molecule has 1 amide bonds. The van der Waals surface area contributed by atoms with E-state index in [1.165, 1.54) is 11.8 Å². The van der Waals surface area contributed by atoms with Crippen LogP contribution in [0, 0.1) is 0 Å². The van der Waals surface area contributed by atoms with E-state index in [2.05, 4.69) is 0 Å². The monoisotopic (exact) mass is 250 g/mol. The van der Waals surface area contributed by atoms with Crippen LogP contribution in [0.4, 0.5) is 11.4 Å². The van der Waals surface area contributed by atoms with Gasteiger partial charge in [-0.2, -0.15) is 0 Å². The molecule has 0 aliphatic carbocycles. The third-order valence-electron chi connectivity index (χ3n) is 2.67. The highest BCUT2D eigenvalue weighted by Gasteiger charge is 2.17. The van der Waals surface area contributed by atoms with E-state index in [4.69, 9.17) is 5.73 Å². The average Bonchev–Trinajstić information content (AvgIpc) is 2.35. The van der Waals surface area contributed by atoms with Crippen molar-refractivity contribution in [2.24, 2.45) is 0 Å². The fourth-order valence-electron chi connectivity index (χ4n) is 1.65. The lowest BCUT2D eigenvalue weighted by Crippen LogP contribution is -2.34. The maximum Gasteiger partial charge on any atom is 0.224 e. The van der Waals surface area contributed by atoms with Gasteiger partial charge in [0.05, 0.1) is 13.2 Å². The number of nitrogens with zero attached hydrogens (tertiary/aromatic N) is 1. The molecule has 0 unspecified atom stereocenters. The van der Waals surface area contributed by atoms with Crippen LogP contribution < -0.4 is 10.6 Å². The first-order valence-corrected chi connectivity index (χ1v) is 5.78. The summed E-state index contributed by atoms with van der Waals surface area (Å²) in [4.78, 5) is 24.5. The molecule has 0 saturated heterocycles. The van der Waals surface area contributed by atoms with Gasteiger partial charge in [-0.05, 0) is 18.2 Å². The maximum atomic E-state index is 11.6. The topological polar surface area (TPSA) is 83.6 Å². The van der Waals surface area contributed by atoms with Gasteiger partial charge in [0.1, 0.15) is 0 Å². The van der Waals surface area contributed by atoms with E-state index >= 15 is 0 Å². The Morgan fingerprint density at radius 2 is 2.06 bits per heavy atom. The fourth-order valence-corrected chi connectivity index (χ4v) is 1.65. The number of ketones is 1. The number of aliphatic hydroxyl groups excluding tert-OH is 1. The second-order valence-electron chi connectivity index (χ2n) is 4.04. The number of benzene rings is 1. The molecule has 0 spiro atoms. The molecule has 1 aromatic rings. The zero-order chi connectivity index (χ0) is 13.7. The number of carbonyl (C=O) groups excluding carboxylic acids is 2. The van der Waals surface area contributed by atoms with E-state index in [0.717, 1.165) is 0 Å². The Kier molecular flexibility index (Phi) is 4.85. The van der Waals surface area contributed by atoms with Crippen LogP contribution in [0.2, 0.25) is 0 Å². The zero-order valence-corrected chi connectivity index (χ0v) is 10.6. The summed E-state index contributed by atoms with van der Waals surface area (Å²) in [5.41, 5.74) is 7.20.